The zero-order valence-corrected chi connectivity index (χ0v) is 17.2. The van der Waals surface area contributed by atoms with Gasteiger partial charge in [0.1, 0.15) is 6.04 Å². The predicted molar refractivity (Wildman–Crippen MR) is 119 cm³/mol. The zero-order chi connectivity index (χ0) is 22.2. The number of nitrogens with one attached hydrogen (secondary N) is 4. The fourth-order valence-corrected chi connectivity index (χ4v) is 2.86. The summed E-state index contributed by atoms with van der Waals surface area (Å²) in [5.41, 5.74) is 1.66. The van der Waals surface area contributed by atoms with Crippen molar-refractivity contribution in [3.8, 4) is 0 Å². The molecule has 0 saturated heterocycles. The Balaban J connectivity index is 1.62. The van der Waals surface area contributed by atoms with Gasteiger partial charge < -0.3 is 25.7 Å². The Labute approximate surface area is 180 Å². The quantitative estimate of drug-likeness (QED) is 0.456. The van der Waals surface area contributed by atoms with Crippen LogP contribution in [0.1, 0.15) is 24.4 Å². The molecule has 0 radical (unpaired) electrons. The van der Waals surface area contributed by atoms with E-state index in [0.29, 0.717) is 17.1 Å². The summed E-state index contributed by atoms with van der Waals surface area (Å²) < 4.78 is 5.08. The van der Waals surface area contributed by atoms with Gasteiger partial charge in [0.2, 0.25) is 5.91 Å². The maximum Gasteiger partial charge on any atom is 0.323 e. The fourth-order valence-electron chi connectivity index (χ4n) is 2.86. The molecule has 1 heterocycles. The summed E-state index contributed by atoms with van der Waals surface area (Å²) in [6, 6.07) is 17.8. The van der Waals surface area contributed by atoms with E-state index < -0.39 is 18.0 Å². The fraction of sp³-hybridized carbons (Fsp3) is 0.174. The Kier molecular flexibility index (Phi) is 7.05. The van der Waals surface area contributed by atoms with E-state index in [1.807, 2.05) is 32.0 Å². The lowest BCUT2D eigenvalue weighted by Gasteiger charge is -2.21. The van der Waals surface area contributed by atoms with Crippen LogP contribution in [-0.4, -0.2) is 23.9 Å². The van der Waals surface area contributed by atoms with Crippen molar-refractivity contribution in [2.45, 2.75) is 19.9 Å². The van der Waals surface area contributed by atoms with Gasteiger partial charge >= 0.3 is 6.03 Å². The van der Waals surface area contributed by atoms with Crippen molar-refractivity contribution < 1.29 is 18.8 Å². The van der Waals surface area contributed by atoms with E-state index in [-0.39, 0.29) is 17.6 Å². The molecule has 4 amide bonds. The first kappa shape index (κ1) is 21.6. The Morgan fingerprint density at radius 1 is 0.774 bits per heavy atom. The highest BCUT2D eigenvalue weighted by Gasteiger charge is 2.25. The van der Waals surface area contributed by atoms with Crippen LogP contribution < -0.4 is 21.3 Å². The van der Waals surface area contributed by atoms with E-state index >= 15 is 0 Å². The molecule has 0 bridgehead atoms. The number of amides is 4. The van der Waals surface area contributed by atoms with E-state index in [2.05, 4.69) is 21.3 Å². The molecule has 0 unspecified atom stereocenters. The van der Waals surface area contributed by atoms with Crippen molar-refractivity contribution in [3.63, 3.8) is 0 Å². The van der Waals surface area contributed by atoms with Gasteiger partial charge in [0.25, 0.3) is 5.91 Å². The second-order valence-corrected chi connectivity index (χ2v) is 7.19. The molecular formula is C23H24N4O4. The monoisotopic (exact) mass is 420 g/mol. The molecule has 3 rings (SSSR count). The average molecular weight is 420 g/mol. The number of para-hydroxylation sites is 1. The third-order valence-corrected chi connectivity index (χ3v) is 4.40. The largest absolute Gasteiger partial charge is 0.459 e. The van der Waals surface area contributed by atoms with E-state index in [1.54, 1.807) is 42.5 Å². The molecule has 1 atom stereocenters. The minimum atomic E-state index is -0.768. The maximum absolute atomic E-state index is 12.8. The molecule has 8 nitrogen and oxygen atoms in total. The van der Waals surface area contributed by atoms with Crippen molar-refractivity contribution in [1.82, 2.24) is 5.32 Å². The second-order valence-electron chi connectivity index (χ2n) is 7.19. The summed E-state index contributed by atoms with van der Waals surface area (Å²) in [5, 5.41) is 10.9. The van der Waals surface area contributed by atoms with Crippen LogP contribution in [0.5, 0.6) is 0 Å². The van der Waals surface area contributed by atoms with Crippen LogP contribution in [0.3, 0.4) is 0 Å². The molecule has 8 heteroatoms. The molecule has 31 heavy (non-hydrogen) atoms. The number of rotatable bonds is 7. The van der Waals surface area contributed by atoms with Gasteiger partial charge in [0.05, 0.1) is 6.26 Å². The number of hydrogen-bond acceptors (Lipinski definition) is 4. The van der Waals surface area contributed by atoms with Crippen LogP contribution in [0.4, 0.5) is 21.9 Å². The van der Waals surface area contributed by atoms with Gasteiger partial charge in [0.15, 0.2) is 5.76 Å². The molecule has 1 aromatic heterocycles. The first-order valence-electron chi connectivity index (χ1n) is 9.80. The molecule has 4 N–H and O–H groups in total. The standard InChI is InChI=1S/C23H24N4O4/c1-15(2)20(27-21(28)19-12-7-13-31-19)22(29)24-17-10-6-11-18(14-17)26-23(30)25-16-8-4-3-5-9-16/h3-15,20H,1-2H3,(H,24,29)(H,27,28)(H2,25,26,30)/t20-/m1/s1. The van der Waals surface area contributed by atoms with Crippen molar-refractivity contribution >= 4 is 34.9 Å². The molecule has 0 saturated carbocycles. The molecule has 0 aliphatic rings. The summed E-state index contributed by atoms with van der Waals surface area (Å²) in [5.74, 6) is -0.862. The van der Waals surface area contributed by atoms with Gasteiger partial charge in [-0.05, 0) is 48.4 Å². The highest BCUT2D eigenvalue weighted by atomic mass is 16.3. The number of benzene rings is 2. The highest BCUT2D eigenvalue weighted by molar-refractivity contribution is 6.02. The third kappa shape index (κ3) is 6.20. The number of anilines is 3. The predicted octanol–water partition coefficient (Wildman–Crippen LogP) is 4.32. The number of carbonyl (C=O) groups excluding carboxylic acids is 3. The van der Waals surface area contributed by atoms with Gasteiger partial charge in [-0.3, -0.25) is 9.59 Å². The zero-order valence-electron chi connectivity index (χ0n) is 17.2. The molecule has 0 aliphatic carbocycles. The van der Waals surface area contributed by atoms with Gasteiger partial charge in [-0.15, -0.1) is 0 Å². The molecule has 160 valence electrons. The minimum absolute atomic E-state index is 0.133. The number of furan rings is 1. The lowest BCUT2D eigenvalue weighted by molar-refractivity contribution is -0.118. The van der Waals surface area contributed by atoms with E-state index in [0.717, 1.165) is 0 Å². The Hall–Kier alpha value is -4.07. The van der Waals surface area contributed by atoms with Gasteiger partial charge in [-0.2, -0.15) is 0 Å². The summed E-state index contributed by atoms with van der Waals surface area (Å²) in [7, 11) is 0. The van der Waals surface area contributed by atoms with Crippen LogP contribution in [-0.2, 0) is 4.79 Å². The number of carbonyl (C=O) groups is 3. The molecule has 2 aromatic carbocycles. The summed E-state index contributed by atoms with van der Waals surface area (Å²) in [6.45, 7) is 3.66. The summed E-state index contributed by atoms with van der Waals surface area (Å²) >= 11 is 0. The second kappa shape index (κ2) is 10.1. The Morgan fingerprint density at radius 3 is 2.06 bits per heavy atom. The maximum atomic E-state index is 12.8. The van der Waals surface area contributed by atoms with Crippen molar-refractivity contribution in [3.05, 3.63) is 78.8 Å². The molecule has 0 aliphatic heterocycles. The number of hydrogen-bond donors (Lipinski definition) is 4. The lowest BCUT2D eigenvalue weighted by Crippen LogP contribution is -2.47. The molecule has 3 aromatic rings. The van der Waals surface area contributed by atoms with Crippen LogP contribution in [0, 0.1) is 5.92 Å². The van der Waals surface area contributed by atoms with Crippen LogP contribution >= 0.6 is 0 Å². The first-order valence-corrected chi connectivity index (χ1v) is 9.80. The van der Waals surface area contributed by atoms with Crippen molar-refractivity contribution in [1.29, 1.82) is 0 Å². The van der Waals surface area contributed by atoms with Crippen molar-refractivity contribution in [2.24, 2.45) is 5.92 Å². The van der Waals surface area contributed by atoms with Gasteiger partial charge in [-0.1, -0.05) is 38.1 Å². The number of urea groups is 1. The van der Waals surface area contributed by atoms with Crippen molar-refractivity contribution in [2.75, 3.05) is 16.0 Å². The lowest BCUT2D eigenvalue weighted by atomic mass is 10.0. The van der Waals surface area contributed by atoms with Crippen LogP contribution in [0.15, 0.2) is 77.4 Å². The smallest absolute Gasteiger partial charge is 0.323 e. The van der Waals surface area contributed by atoms with E-state index in [4.69, 9.17) is 4.42 Å². The van der Waals surface area contributed by atoms with Gasteiger partial charge in [-0.25, -0.2) is 4.79 Å². The molecule has 0 spiro atoms. The van der Waals surface area contributed by atoms with Gasteiger partial charge in [0, 0.05) is 17.1 Å². The average Bonchev–Trinajstić information content (AvgIpc) is 3.27. The minimum Gasteiger partial charge on any atom is -0.459 e. The van der Waals surface area contributed by atoms with E-state index in [9.17, 15) is 14.4 Å². The molecule has 0 fully saturated rings. The molecular weight excluding hydrogens is 396 g/mol. The Morgan fingerprint density at radius 2 is 1.42 bits per heavy atom. The SMILES string of the molecule is CC(C)[C@@H](NC(=O)c1ccco1)C(=O)Nc1cccc(NC(=O)Nc2ccccc2)c1. The van der Waals surface area contributed by atoms with E-state index in [1.165, 1.54) is 12.3 Å². The van der Waals surface area contributed by atoms with Crippen LogP contribution in [0.25, 0.3) is 0 Å². The highest BCUT2D eigenvalue weighted by Crippen LogP contribution is 2.17. The summed E-state index contributed by atoms with van der Waals surface area (Å²) in [6.07, 6.45) is 1.39. The summed E-state index contributed by atoms with van der Waals surface area (Å²) in [4.78, 5) is 37.2. The van der Waals surface area contributed by atoms with Crippen LogP contribution in [0.2, 0.25) is 0 Å². The normalized spacial score (nSPS) is 11.5. The topological polar surface area (TPSA) is 112 Å². The Bertz CT molecular complexity index is 1030. The third-order valence-electron chi connectivity index (χ3n) is 4.40. The first-order chi connectivity index (χ1) is 14.9.